The van der Waals surface area contributed by atoms with Crippen molar-refractivity contribution in [2.24, 2.45) is 0 Å². The smallest absolute Gasteiger partial charge is 0.337 e. The summed E-state index contributed by atoms with van der Waals surface area (Å²) in [5.74, 6) is 0.127. The maximum absolute atomic E-state index is 11.3. The Kier molecular flexibility index (Phi) is 4.38. The van der Waals surface area contributed by atoms with Crippen LogP contribution >= 0.6 is 0 Å². The van der Waals surface area contributed by atoms with Gasteiger partial charge in [-0.3, -0.25) is 0 Å². The zero-order valence-corrected chi connectivity index (χ0v) is 13.0. The van der Waals surface area contributed by atoms with E-state index in [0.29, 0.717) is 17.3 Å². The Hall–Kier alpha value is -3.41. The number of carboxylic acids is 1. The highest BCUT2D eigenvalue weighted by Crippen LogP contribution is 2.22. The fourth-order valence-corrected chi connectivity index (χ4v) is 2.20. The lowest BCUT2D eigenvalue weighted by atomic mass is 10.2. The first-order valence-corrected chi connectivity index (χ1v) is 7.37. The number of hydrogen-bond acceptors (Lipinski definition) is 5. The number of rotatable bonds is 5. The number of aromatic carboxylic acids is 1. The number of aryl methyl sites for hydroxylation is 1. The fraction of sp³-hybridized carbons (Fsp3) is 0.0556. The average molecular weight is 320 g/mol. The number of hydrogen-bond donors (Lipinski definition) is 3. The van der Waals surface area contributed by atoms with Gasteiger partial charge in [-0.15, -0.1) is 0 Å². The molecule has 0 radical (unpaired) electrons. The van der Waals surface area contributed by atoms with Crippen LogP contribution in [-0.2, 0) is 0 Å². The van der Waals surface area contributed by atoms with Gasteiger partial charge in [-0.25, -0.2) is 14.8 Å². The molecule has 1 aromatic heterocycles. The van der Waals surface area contributed by atoms with Crippen LogP contribution in [0.4, 0.5) is 23.0 Å². The molecule has 0 bridgehead atoms. The Balaban J connectivity index is 1.81. The van der Waals surface area contributed by atoms with E-state index in [4.69, 9.17) is 0 Å². The van der Waals surface area contributed by atoms with Crippen molar-refractivity contribution in [3.63, 3.8) is 0 Å². The van der Waals surface area contributed by atoms with Gasteiger partial charge < -0.3 is 15.7 Å². The Bertz CT molecular complexity index is 863. The van der Waals surface area contributed by atoms with Crippen LogP contribution in [-0.4, -0.2) is 21.0 Å². The molecule has 0 aliphatic rings. The first-order chi connectivity index (χ1) is 11.6. The molecule has 2 aromatic carbocycles. The Morgan fingerprint density at radius 2 is 1.62 bits per heavy atom. The number of para-hydroxylation sites is 1. The highest BCUT2D eigenvalue weighted by Gasteiger charge is 2.09. The lowest BCUT2D eigenvalue weighted by Gasteiger charge is -2.10. The van der Waals surface area contributed by atoms with E-state index < -0.39 is 5.97 Å². The summed E-state index contributed by atoms with van der Waals surface area (Å²) in [5, 5.41) is 15.4. The van der Waals surface area contributed by atoms with Crippen LogP contribution in [0.15, 0.2) is 60.9 Å². The van der Waals surface area contributed by atoms with Gasteiger partial charge in [-0.2, -0.15) is 0 Å². The summed E-state index contributed by atoms with van der Waals surface area (Å²) in [6, 6.07) is 16.3. The van der Waals surface area contributed by atoms with Gasteiger partial charge in [-0.05, 0) is 31.2 Å². The van der Waals surface area contributed by atoms with Crippen LogP contribution in [0.3, 0.4) is 0 Å². The summed E-state index contributed by atoms with van der Waals surface area (Å²) >= 11 is 0. The first kappa shape index (κ1) is 15.5. The number of anilines is 4. The second kappa shape index (κ2) is 6.78. The lowest BCUT2D eigenvalue weighted by molar-refractivity contribution is 0.0698. The van der Waals surface area contributed by atoms with E-state index >= 15 is 0 Å². The summed E-state index contributed by atoms with van der Waals surface area (Å²) in [6.45, 7) is 2.02. The van der Waals surface area contributed by atoms with Gasteiger partial charge in [0, 0.05) is 11.8 Å². The molecule has 0 saturated heterocycles. The van der Waals surface area contributed by atoms with Crippen LogP contribution in [0.5, 0.6) is 0 Å². The number of carboxylic acid groups (broad SMARTS) is 1. The third kappa shape index (κ3) is 3.67. The zero-order chi connectivity index (χ0) is 16.9. The third-order valence-electron chi connectivity index (χ3n) is 3.41. The topological polar surface area (TPSA) is 87.1 Å². The summed E-state index contributed by atoms with van der Waals surface area (Å²) < 4.78 is 0. The quantitative estimate of drug-likeness (QED) is 0.659. The lowest BCUT2D eigenvalue weighted by Crippen LogP contribution is -2.04. The molecule has 6 nitrogen and oxygen atoms in total. The van der Waals surface area contributed by atoms with E-state index in [2.05, 4.69) is 20.6 Å². The Morgan fingerprint density at radius 1 is 0.958 bits per heavy atom. The van der Waals surface area contributed by atoms with Crippen molar-refractivity contribution in [1.82, 2.24) is 9.97 Å². The molecule has 3 aromatic rings. The second-order valence-corrected chi connectivity index (χ2v) is 5.26. The van der Waals surface area contributed by atoms with Gasteiger partial charge >= 0.3 is 5.97 Å². The van der Waals surface area contributed by atoms with Crippen LogP contribution in [0.25, 0.3) is 0 Å². The molecule has 0 fully saturated rings. The molecule has 0 spiro atoms. The predicted molar refractivity (Wildman–Crippen MR) is 93.2 cm³/mol. The molecule has 24 heavy (non-hydrogen) atoms. The number of aromatic nitrogens is 2. The molecule has 0 aliphatic heterocycles. The molecule has 0 amide bonds. The van der Waals surface area contributed by atoms with E-state index in [-0.39, 0.29) is 5.56 Å². The molecule has 0 aliphatic carbocycles. The molecule has 1 heterocycles. The normalized spacial score (nSPS) is 10.2. The Labute approximate surface area is 139 Å². The third-order valence-corrected chi connectivity index (χ3v) is 3.41. The van der Waals surface area contributed by atoms with Gasteiger partial charge in [0.2, 0.25) is 0 Å². The molecule has 3 N–H and O–H groups in total. The molecule has 3 rings (SSSR count). The Morgan fingerprint density at radius 3 is 2.33 bits per heavy atom. The van der Waals surface area contributed by atoms with Crippen molar-refractivity contribution in [2.45, 2.75) is 6.92 Å². The minimum atomic E-state index is -0.995. The SMILES string of the molecule is Cc1ccc(Nc2cc(Nc3ccccc3C(=O)O)ncn2)cc1. The minimum Gasteiger partial charge on any atom is -0.478 e. The van der Waals surface area contributed by atoms with E-state index in [1.165, 1.54) is 18.0 Å². The van der Waals surface area contributed by atoms with Gasteiger partial charge in [0.05, 0.1) is 11.3 Å². The maximum atomic E-state index is 11.3. The number of nitrogens with one attached hydrogen (secondary N) is 2. The van der Waals surface area contributed by atoms with E-state index in [9.17, 15) is 9.90 Å². The van der Waals surface area contributed by atoms with Crippen molar-refractivity contribution in [3.05, 3.63) is 72.1 Å². The highest BCUT2D eigenvalue weighted by atomic mass is 16.4. The van der Waals surface area contributed by atoms with E-state index in [1.807, 2.05) is 31.2 Å². The van der Waals surface area contributed by atoms with Gasteiger partial charge in [0.15, 0.2) is 0 Å². The molecule has 0 unspecified atom stereocenters. The van der Waals surface area contributed by atoms with E-state index in [0.717, 1.165) is 5.69 Å². The minimum absolute atomic E-state index is 0.184. The van der Waals surface area contributed by atoms with Crippen molar-refractivity contribution in [2.75, 3.05) is 10.6 Å². The van der Waals surface area contributed by atoms with Gasteiger partial charge in [-0.1, -0.05) is 29.8 Å². The second-order valence-electron chi connectivity index (χ2n) is 5.26. The van der Waals surface area contributed by atoms with Crippen LogP contribution in [0, 0.1) is 6.92 Å². The first-order valence-electron chi connectivity index (χ1n) is 7.37. The molecule has 6 heteroatoms. The van der Waals surface area contributed by atoms with Crippen LogP contribution in [0.1, 0.15) is 15.9 Å². The van der Waals surface area contributed by atoms with Crippen molar-refractivity contribution in [3.8, 4) is 0 Å². The standard InChI is InChI=1S/C18H16N4O2/c1-12-6-8-13(9-7-12)21-16-10-17(20-11-19-16)22-15-5-3-2-4-14(15)18(23)24/h2-11H,1H3,(H,23,24)(H2,19,20,21,22). The summed E-state index contributed by atoms with van der Waals surface area (Å²) in [7, 11) is 0. The molecular formula is C18H16N4O2. The number of nitrogens with zero attached hydrogens (tertiary/aromatic N) is 2. The molecule has 0 saturated carbocycles. The largest absolute Gasteiger partial charge is 0.478 e. The molecule has 120 valence electrons. The average Bonchev–Trinajstić information content (AvgIpc) is 2.58. The monoisotopic (exact) mass is 320 g/mol. The summed E-state index contributed by atoms with van der Waals surface area (Å²) in [5.41, 5.74) is 2.75. The maximum Gasteiger partial charge on any atom is 0.337 e. The van der Waals surface area contributed by atoms with Crippen LogP contribution in [0.2, 0.25) is 0 Å². The van der Waals surface area contributed by atoms with Crippen molar-refractivity contribution < 1.29 is 9.90 Å². The predicted octanol–water partition coefficient (Wildman–Crippen LogP) is 3.97. The number of carbonyl (C=O) groups is 1. The zero-order valence-electron chi connectivity index (χ0n) is 13.0. The van der Waals surface area contributed by atoms with E-state index in [1.54, 1.807) is 24.3 Å². The van der Waals surface area contributed by atoms with Crippen molar-refractivity contribution in [1.29, 1.82) is 0 Å². The van der Waals surface area contributed by atoms with Crippen molar-refractivity contribution >= 4 is 29.0 Å². The number of benzene rings is 2. The van der Waals surface area contributed by atoms with Gasteiger partial charge in [0.25, 0.3) is 0 Å². The fourth-order valence-electron chi connectivity index (χ4n) is 2.20. The summed E-state index contributed by atoms with van der Waals surface area (Å²) in [4.78, 5) is 19.6. The van der Waals surface area contributed by atoms with Crippen LogP contribution < -0.4 is 10.6 Å². The molecule has 0 atom stereocenters. The van der Waals surface area contributed by atoms with Gasteiger partial charge in [0.1, 0.15) is 18.0 Å². The highest BCUT2D eigenvalue weighted by molar-refractivity contribution is 5.95. The molecular weight excluding hydrogens is 304 g/mol. The summed E-state index contributed by atoms with van der Waals surface area (Å²) in [6.07, 6.45) is 1.42.